The Kier molecular flexibility index (Phi) is 4.03. The van der Waals surface area contributed by atoms with Gasteiger partial charge in [0, 0.05) is 51.5 Å². The van der Waals surface area contributed by atoms with Crippen molar-refractivity contribution in [3.63, 3.8) is 0 Å². The summed E-state index contributed by atoms with van der Waals surface area (Å²) in [6.45, 7) is 2.01. The fourth-order valence-corrected chi connectivity index (χ4v) is 2.55. The molecule has 0 saturated carbocycles. The van der Waals surface area contributed by atoms with Crippen molar-refractivity contribution >= 4 is 11.7 Å². The lowest BCUT2D eigenvalue weighted by atomic mass is 10.1. The normalized spacial score (nSPS) is 12.8. The fraction of sp³-hybridized carbons (Fsp3) is 0.250. The van der Waals surface area contributed by atoms with E-state index in [2.05, 4.69) is 25.1 Å². The molecule has 3 heterocycles. The lowest BCUT2D eigenvalue weighted by Crippen LogP contribution is -2.20. The van der Waals surface area contributed by atoms with Gasteiger partial charge >= 0.3 is 0 Å². The number of nitrogens with zero attached hydrogens (tertiary/aromatic N) is 6. The van der Waals surface area contributed by atoms with Gasteiger partial charge in [-0.25, -0.2) is 9.98 Å². The van der Waals surface area contributed by atoms with Gasteiger partial charge in [0.05, 0.1) is 11.4 Å². The largest absolute Gasteiger partial charge is 0.381 e. The van der Waals surface area contributed by atoms with Crippen LogP contribution in [0.3, 0.4) is 0 Å². The molecule has 0 aliphatic rings. The summed E-state index contributed by atoms with van der Waals surface area (Å²) in [7, 11) is 5.45. The zero-order valence-corrected chi connectivity index (χ0v) is 14.1. The number of aromatic nitrogens is 5. The summed E-state index contributed by atoms with van der Waals surface area (Å²) in [5, 5.41) is 4.44. The Morgan fingerprint density at radius 3 is 2.67 bits per heavy atom. The predicted molar refractivity (Wildman–Crippen MR) is 94.1 cm³/mol. The minimum Gasteiger partial charge on any atom is -0.381 e. The Hall–Kier alpha value is -3.16. The van der Waals surface area contributed by atoms with E-state index in [1.165, 1.54) is 0 Å². The maximum Gasteiger partial charge on any atom is 0.175 e. The van der Waals surface area contributed by atoms with Crippen LogP contribution in [0, 0.1) is 6.92 Å². The summed E-state index contributed by atoms with van der Waals surface area (Å²) >= 11 is 0. The molecule has 0 atom stereocenters. The molecule has 3 rings (SSSR count). The SMILES string of the molecule is CN=C(N=C(N)c1nccn1C)c1[nH]cc(-c2ccn(C)n2)c1C. The van der Waals surface area contributed by atoms with E-state index in [4.69, 9.17) is 5.73 Å². The van der Waals surface area contributed by atoms with E-state index in [-0.39, 0.29) is 0 Å². The zero-order chi connectivity index (χ0) is 17.3. The van der Waals surface area contributed by atoms with Crippen LogP contribution in [0.25, 0.3) is 11.3 Å². The standard InChI is InChI=1S/C16H20N8/c1-10-11(12-5-7-24(4)22-12)9-20-13(10)15(18-2)21-14(17)16-19-6-8-23(16)3/h5-9,20H,1-4H3,(H2,17,18,21). The van der Waals surface area contributed by atoms with Crippen LogP contribution in [-0.4, -0.2) is 43.0 Å². The quantitative estimate of drug-likeness (QED) is 0.559. The number of hydrogen-bond donors (Lipinski definition) is 2. The molecule has 0 saturated heterocycles. The minimum absolute atomic E-state index is 0.316. The Labute approximate surface area is 139 Å². The van der Waals surface area contributed by atoms with Gasteiger partial charge in [0.15, 0.2) is 17.5 Å². The van der Waals surface area contributed by atoms with Gasteiger partial charge in [-0.2, -0.15) is 5.10 Å². The number of aryl methyl sites for hydroxylation is 2. The number of rotatable bonds is 3. The highest BCUT2D eigenvalue weighted by molar-refractivity contribution is 6.10. The van der Waals surface area contributed by atoms with Crippen LogP contribution in [0.15, 0.2) is 40.8 Å². The maximum absolute atomic E-state index is 6.08. The van der Waals surface area contributed by atoms with Crippen molar-refractivity contribution in [3.05, 3.63) is 47.9 Å². The van der Waals surface area contributed by atoms with Crippen LogP contribution >= 0.6 is 0 Å². The lowest BCUT2D eigenvalue weighted by molar-refractivity contribution is 0.771. The van der Waals surface area contributed by atoms with Crippen molar-refractivity contribution in [2.75, 3.05) is 7.05 Å². The molecule has 0 unspecified atom stereocenters. The Morgan fingerprint density at radius 1 is 1.29 bits per heavy atom. The van der Waals surface area contributed by atoms with E-state index >= 15 is 0 Å². The van der Waals surface area contributed by atoms with Crippen molar-refractivity contribution in [3.8, 4) is 11.3 Å². The second-order valence-electron chi connectivity index (χ2n) is 5.48. The molecule has 8 heteroatoms. The van der Waals surface area contributed by atoms with Crippen LogP contribution in [0.1, 0.15) is 17.1 Å². The van der Waals surface area contributed by atoms with Gasteiger partial charge in [-0.05, 0) is 18.6 Å². The molecule has 0 radical (unpaired) electrons. The molecule has 0 aliphatic carbocycles. The second kappa shape index (κ2) is 6.15. The number of imidazole rings is 1. The van der Waals surface area contributed by atoms with Crippen LogP contribution in [-0.2, 0) is 14.1 Å². The molecule has 124 valence electrons. The molecular weight excluding hydrogens is 304 g/mol. The first kappa shape index (κ1) is 15.7. The van der Waals surface area contributed by atoms with Gasteiger partial charge in [0.1, 0.15) is 0 Å². The van der Waals surface area contributed by atoms with Crippen molar-refractivity contribution < 1.29 is 0 Å². The minimum atomic E-state index is 0.316. The number of H-pyrrole nitrogens is 1. The Morgan fingerprint density at radius 2 is 2.08 bits per heavy atom. The average molecular weight is 324 g/mol. The number of hydrogen-bond acceptors (Lipinski definition) is 3. The van der Waals surface area contributed by atoms with Crippen LogP contribution in [0.5, 0.6) is 0 Å². The van der Waals surface area contributed by atoms with E-state index in [1.807, 2.05) is 50.2 Å². The number of aromatic amines is 1. The first-order valence-electron chi connectivity index (χ1n) is 7.48. The molecule has 0 spiro atoms. The molecule has 0 bridgehead atoms. The van der Waals surface area contributed by atoms with Crippen molar-refractivity contribution in [2.45, 2.75) is 6.92 Å². The van der Waals surface area contributed by atoms with Gasteiger partial charge in [-0.15, -0.1) is 0 Å². The summed E-state index contributed by atoms with van der Waals surface area (Å²) in [6.07, 6.45) is 7.32. The molecule has 3 aromatic rings. The predicted octanol–water partition coefficient (Wildman–Crippen LogP) is 1.24. The fourth-order valence-electron chi connectivity index (χ4n) is 2.55. The summed E-state index contributed by atoms with van der Waals surface area (Å²) in [5.74, 6) is 1.44. The molecule has 0 aliphatic heterocycles. The molecule has 0 amide bonds. The maximum atomic E-state index is 6.08. The van der Waals surface area contributed by atoms with E-state index in [0.29, 0.717) is 17.5 Å². The molecule has 3 N–H and O–H groups in total. The van der Waals surface area contributed by atoms with Crippen LogP contribution in [0.2, 0.25) is 0 Å². The lowest BCUT2D eigenvalue weighted by Gasteiger charge is -2.04. The Balaban J connectivity index is 1.98. The van der Waals surface area contributed by atoms with Gasteiger partial charge < -0.3 is 15.3 Å². The average Bonchev–Trinajstić information content (AvgIpc) is 3.25. The van der Waals surface area contributed by atoms with E-state index in [9.17, 15) is 0 Å². The van der Waals surface area contributed by atoms with E-state index in [0.717, 1.165) is 22.5 Å². The number of amidine groups is 2. The van der Waals surface area contributed by atoms with E-state index < -0.39 is 0 Å². The molecular formula is C16H20N8. The van der Waals surface area contributed by atoms with Gasteiger partial charge in [0.25, 0.3) is 0 Å². The zero-order valence-electron chi connectivity index (χ0n) is 14.1. The van der Waals surface area contributed by atoms with Gasteiger partial charge in [0.2, 0.25) is 0 Å². The van der Waals surface area contributed by atoms with Crippen molar-refractivity contribution in [1.82, 2.24) is 24.3 Å². The first-order chi connectivity index (χ1) is 11.5. The third-order valence-corrected chi connectivity index (χ3v) is 3.84. The third kappa shape index (κ3) is 2.73. The molecule has 24 heavy (non-hydrogen) atoms. The highest BCUT2D eigenvalue weighted by Crippen LogP contribution is 2.24. The Bertz CT molecular complexity index is 922. The summed E-state index contributed by atoms with van der Waals surface area (Å²) < 4.78 is 3.58. The van der Waals surface area contributed by atoms with Gasteiger partial charge in [-0.3, -0.25) is 9.67 Å². The second-order valence-corrected chi connectivity index (χ2v) is 5.48. The third-order valence-electron chi connectivity index (χ3n) is 3.84. The smallest absolute Gasteiger partial charge is 0.175 e. The van der Waals surface area contributed by atoms with Crippen LogP contribution in [0.4, 0.5) is 0 Å². The molecule has 0 fully saturated rings. The number of nitrogens with one attached hydrogen (secondary N) is 1. The highest BCUT2D eigenvalue weighted by atomic mass is 15.2. The molecule has 0 aromatic carbocycles. The summed E-state index contributed by atoms with van der Waals surface area (Å²) in [5.41, 5.74) is 9.82. The van der Waals surface area contributed by atoms with Crippen LogP contribution < -0.4 is 5.73 Å². The summed E-state index contributed by atoms with van der Waals surface area (Å²) in [6, 6.07) is 1.97. The van der Waals surface area contributed by atoms with Crippen molar-refractivity contribution in [2.24, 2.45) is 29.8 Å². The highest BCUT2D eigenvalue weighted by Gasteiger charge is 2.16. The summed E-state index contributed by atoms with van der Waals surface area (Å²) in [4.78, 5) is 16.1. The topological polar surface area (TPSA) is 102 Å². The number of nitrogens with two attached hydrogens (primary N) is 1. The van der Waals surface area contributed by atoms with E-state index in [1.54, 1.807) is 17.9 Å². The number of aliphatic imine (C=N–C) groups is 2. The van der Waals surface area contributed by atoms with Gasteiger partial charge in [-0.1, -0.05) is 0 Å². The monoisotopic (exact) mass is 324 g/mol. The first-order valence-corrected chi connectivity index (χ1v) is 7.48. The molecule has 3 aromatic heterocycles. The molecule has 8 nitrogen and oxygen atoms in total. The van der Waals surface area contributed by atoms with Crippen molar-refractivity contribution in [1.29, 1.82) is 0 Å².